The molecule has 90 valence electrons. The molecular weight excluding hydrogens is 233 g/mol. The molecule has 2 aromatic rings. The van der Waals surface area contributed by atoms with Gasteiger partial charge in [0.2, 0.25) is 0 Å². The lowest BCUT2D eigenvalue weighted by Crippen LogP contribution is -2.07. The van der Waals surface area contributed by atoms with Crippen molar-refractivity contribution in [2.75, 3.05) is 0 Å². The van der Waals surface area contributed by atoms with Crippen LogP contribution in [0.4, 0.5) is 13.2 Å². The first-order valence-electron chi connectivity index (χ1n) is 4.93. The third-order valence-corrected chi connectivity index (χ3v) is 2.35. The monoisotopic (exact) mass is 242 g/mol. The molecule has 1 atom stereocenters. The summed E-state index contributed by atoms with van der Waals surface area (Å²) in [6.45, 7) is 0. The second-order valence-corrected chi connectivity index (χ2v) is 3.58. The molecule has 0 saturated carbocycles. The number of halogens is 3. The van der Waals surface area contributed by atoms with Crippen LogP contribution in [-0.4, -0.2) is 5.11 Å². The van der Waals surface area contributed by atoms with Gasteiger partial charge in [-0.2, -0.15) is 0 Å². The van der Waals surface area contributed by atoms with E-state index < -0.39 is 29.1 Å². The number of hydrogen-bond acceptors (Lipinski definition) is 2. The molecule has 0 aliphatic heterocycles. The van der Waals surface area contributed by atoms with Crippen molar-refractivity contribution >= 4 is 0 Å². The Labute approximate surface area is 95.3 Å². The van der Waals surface area contributed by atoms with Crippen molar-refractivity contribution in [1.82, 2.24) is 0 Å². The Kier molecular flexibility index (Phi) is 3.19. The van der Waals surface area contributed by atoms with Crippen LogP contribution in [-0.2, 0) is 6.42 Å². The quantitative estimate of drug-likeness (QED) is 0.897. The summed E-state index contributed by atoms with van der Waals surface area (Å²) in [4.78, 5) is 0. The Morgan fingerprint density at radius 3 is 2.35 bits per heavy atom. The molecule has 2 nitrogen and oxygen atoms in total. The third kappa shape index (κ3) is 2.50. The van der Waals surface area contributed by atoms with Crippen LogP contribution in [0.15, 0.2) is 34.9 Å². The van der Waals surface area contributed by atoms with Gasteiger partial charge in [-0.1, -0.05) is 0 Å². The first-order chi connectivity index (χ1) is 8.08. The Balaban J connectivity index is 2.27. The molecule has 0 aliphatic rings. The average molecular weight is 242 g/mol. The van der Waals surface area contributed by atoms with E-state index in [-0.39, 0.29) is 6.42 Å². The van der Waals surface area contributed by atoms with E-state index in [1.807, 2.05) is 0 Å². The summed E-state index contributed by atoms with van der Waals surface area (Å²) in [5.74, 6) is -2.85. The van der Waals surface area contributed by atoms with Crippen molar-refractivity contribution in [3.05, 3.63) is 59.3 Å². The maximum Gasteiger partial charge on any atom is 0.134 e. The first-order valence-corrected chi connectivity index (χ1v) is 4.93. The molecule has 0 radical (unpaired) electrons. The van der Waals surface area contributed by atoms with Crippen molar-refractivity contribution in [3.63, 3.8) is 0 Å². The Hall–Kier alpha value is -1.75. The summed E-state index contributed by atoms with van der Waals surface area (Å²) in [6, 6.07) is 4.23. The molecule has 0 bridgehead atoms. The minimum absolute atomic E-state index is 0.0769. The molecule has 5 heteroatoms. The van der Waals surface area contributed by atoms with E-state index >= 15 is 0 Å². The zero-order valence-corrected chi connectivity index (χ0v) is 8.66. The molecule has 1 aromatic heterocycles. The number of aliphatic hydroxyl groups is 1. The molecule has 0 fully saturated rings. The van der Waals surface area contributed by atoms with E-state index in [0.717, 1.165) is 0 Å². The fourth-order valence-corrected chi connectivity index (χ4v) is 1.59. The lowest BCUT2D eigenvalue weighted by Gasteiger charge is -2.11. The highest BCUT2D eigenvalue weighted by Crippen LogP contribution is 2.25. The van der Waals surface area contributed by atoms with Crippen molar-refractivity contribution in [3.8, 4) is 0 Å². The Morgan fingerprint density at radius 2 is 1.82 bits per heavy atom. The van der Waals surface area contributed by atoms with E-state index in [9.17, 15) is 18.3 Å². The number of benzene rings is 1. The summed E-state index contributed by atoms with van der Waals surface area (Å²) < 4.78 is 44.3. The second kappa shape index (κ2) is 4.63. The molecule has 1 heterocycles. The lowest BCUT2D eigenvalue weighted by atomic mass is 10.0. The minimum Gasteiger partial charge on any atom is -0.469 e. The number of furan rings is 1. The largest absolute Gasteiger partial charge is 0.469 e. The summed E-state index contributed by atoms with van der Waals surface area (Å²) >= 11 is 0. The van der Waals surface area contributed by atoms with Crippen LogP contribution in [0.1, 0.15) is 17.4 Å². The van der Waals surface area contributed by atoms with Crippen molar-refractivity contribution in [1.29, 1.82) is 0 Å². The van der Waals surface area contributed by atoms with E-state index in [4.69, 9.17) is 4.42 Å². The molecule has 1 N–H and O–H groups in total. The van der Waals surface area contributed by atoms with Gasteiger partial charge in [0.1, 0.15) is 23.2 Å². The van der Waals surface area contributed by atoms with E-state index in [1.165, 1.54) is 6.26 Å². The van der Waals surface area contributed by atoms with Gasteiger partial charge in [-0.05, 0) is 12.1 Å². The predicted octanol–water partition coefficient (Wildman–Crippen LogP) is 2.97. The first kappa shape index (κ1) is 11.7. The maximum atomic E-state index is 13.3. The van der Waals surface area contributed by atoms with Crippen LogP contribution >= 0.6 is 0 Å². The van der Waals surface area contributed by atoms with Crippen LogP contribution in [0, 0.1) is 17.5 Å². The third-order valence-electron chi connectivity index (χ3n) is 2.35. The minimum atomic E-state index is -1.42. The van der Waals surface area contributed by atoms with Gasteiger partial charge in [0.05, 0.1) is 17.9 Å². The van der Waals surface area contributed by atoms with Gasteiger partial charge in [0.15, 0.2) is 0 Å². The average Bonchev–Trinajstić information content (AvgIpc) is 2.68. The molecule has 0 spiro atoms. The van der Waals surface area contributed by atoms with Gasteiger partial charge in [-0.3, -0.25) is 0 Å². The Morgan fingerprint density at radius 1 is 1.18 bits per heavy atom. The van der Waals surface area contributed by atoms with Gasteiger partial charge in [-0.15, -0.1) is 0 Å². The van der Waals surface area contributed by atoms with Crippen LogP contribution in [0.25, 0.3) is 0 Å². The van der Waals surface area contributed by atoms with Gasteiger partial charge >= 0.3 is 0 Å². The highest BCUT2D eigenvalue weighted by atomic mass is 19.1. The summed E-state index contributed by atoms with van der Waals surface area (Å²) in [5.41, 5.74) is -0.553. The Bertz CT molecular complexity index is 485. The predicted molar refractivity (Wildman–Crippen MR) is 53.7 cm³/mol. The summed E-state index contributed by atoms with van der Waals surface area (Å²) in [6.07, 6.45) is -0.104. The van der Waals surface area contributed by atoms with Crippen molar-refractivity contribution in [2.24, 2.45) is 0 Å². The normalized spacial score (nSPS) is 12.7. The molecule has 0 amide bonds. The van der Waals surface area contributed by atoms with Gasteiger partial charge in [-0.25, -0.2) is 13.2 Å². The fourth-order valence-electron chi connectivity index (χ4n) is 1.59. The highest BCUT2D eigenvalue weighted by Gasteiger charge is 2.20. The maximum absolute atomic E-state index is 13.3. The topological polar surface area (TPSA) is 33.4 Å². The number of rotatable bonds is 3. The summed E-state index contributed by atoms with van der Waals surface area (Å²) in [5, 5.41) is 9.68. The van der Waals surface area contributed by atoms with Gasteiger partial charge in [0.25, 0.3) is 0 Å². The zero-order chi connectivity index (χ0) is 12.4. The van der Waals surface area contributed by atoms with Crippen LogP contribution in [0.3, 0.4) is 0 Å². The van der Waals surface area contributed by atoms with Gasteiger partial charge < -0.3 is 9.52 Å². The van der Waals surface area contributed by atoms with Crippen LogP contribution < -0.4 is 0 Å². The summed E-state index contributed by atoms with van der Waals surface area (Å²) in [7, 11) is 0. The standard InChI is InChI=1S/C12H9F3O2/c13-7-4-9(14)12(10(15)5-7)11(16)6-8-2-1-3-17-8/h1-5,11,16H,6H2. The molecule has 1 unspecified atom stereocenters. The lowest BCUT2D eigenvalue weighted by molar-refractivity contribution is 0.160. The SMILES string of the molecule is OC(Cc1ccco1)c1c(F)cc(F)cc1F. The van der Waals surface area contributed by atoms with Crippen molar-refractivity contribution < 1.29 is 22.7 Å². The van der Waals surface area contributed by atoms with E-state index in [0.29, 0.717) is 17.9 Å². The molecule has 0 saturated heterocycles. The van der Waals surface area contributed by atoms with Crippen molar-refractivity contribution in [2.45, 2.75) is 12.5 Å². The molecule has 0 aliphatic carbocycles. The number of hydrogen-bond donors (Lipinski definition) is 1. The molecular formula is C12H9F3O2. The molecule has 17 heavy (non-hydrogen) atoms. The second-order valence-electron chi connectivity index (χ2n) is 3.58. The van der Waals surface area contributed by atoms with E-state index in [1.54, 1.807) is 12.1 Å². The molecule has 1 aromatic carbocycles. The van der Waals surface area contributed by atoms with E-state index in [2.05, 4.69) is 0 Å². The van der Waals surface area contributed by atoms with Crippen LogP contribution in [0.2, 0.25) is 0 Å². The van der Waals surface area contributed by atoms with Gasteiger partial charge in [0, 0.05) is 18.6 Å². The smallest absolute Gasteiger partial charge is 0.134 e. The van der Waals surface area contributed by atoms with Crippen LogP contribution in [0.5, 0.6) is 0 Å². The highest BCUT2D eigenvalue weighted by molar-refractivity contribution is 5.24. The number of aliphatic hydroxyl groups excluding tert-OH is 1. The fraction of sp³-hybridized carbons (Fsp3) is 0.167. The molecule has 2 rings (SSSR count). The zero-order valence-electron chi connectivity index (χ0n) is 8.66.